The SMILES string of the molecule is Cc1occc1-c1noc(-c2ccc(N)cn2)n1. The minimum Gasteiger partial charge on any atom is -0.469 e. The standard InChI is InChI=1S/C12H10N4O2/c1-7-9(4-5-17-7)11-15-12(18-16-11)10-3-2-8(13)6-14-10/h2-6H,13H2,1H3. The second kappa shape index (κ2) is 3.99. The Morgan fingerprint density at radius 1 is 1.22 bits per heavy atom. The van der Waals surface area contributed by atoms with Gasteiger partial charge in [-0.25, -0.2) is 4.98 Å². The third-order valence-electron chi connectivity index (χ3n) is 2.53. The van der Waals surface area contributed by atoms with Gasteiger partial charge in [0.2, 0.25) is 5.82 Å². The van der Waals surface area contributed by atoms with Crippen LogP contribution < -0.4 is 5.73 Å². The molecular weight excluding hydrogens is 232 g/mol. The van der Waals surface area contributed by atoms with E-state index in [2.05, 4.69) is 15.1 Å². The van der Waals surface area contributed by atoms with E-state index in [9.17, 15) is 0 Å². The van der Waals surface area contributed by atoms with Crippen molar-refractivity contribution in [3.05, 3.63) is 36.4 Å². The van der Waals surface area contributed by atoms with Crippen LogP contribution in [0.3, 0.4) is 0 Å². The summed E-state index contributed by atoms with van der Waals surface area (Å²) in [5.74, 6) is 1.58. The van der Waals surface area contributed by atoms with Crippen LogP contribution in [0.25, 0.3) is 23.0 Å². The van der Waals surface area contributed by atoms with E-state index in [-0.39, 0.29) is 0 Å². The zero-order chi connectivity index (χ0) is 12.5. The van der Waals surface area contributed by atoms with Crippen molar-refractivity contribution in [1.82, 2.24) is 15.1 Å². The van der Waals surface area contributed by atoms with Crippen molar-refractivity contribution >= 4 is 5.69 Å². The number of nitrogens with two attached hydrogens (primary N) is 1. The average Bonchev–Trinajstić information content (AvgIpc) is 2.98. The van der Waals surface area contributed by atoms with Crippen LogP contribution in [0.4, 0.5) is 5.69 Å². The second-order valence-electron chi connectivity index (χ2n) is 3.79. The largest absolute Gasteiger partial charge is 0.469 e. The minimum atomic E-state index is 0.352. The third-order valence-corrected chi connectivity index (χ3v) is 2.53. The molecule has 2 N–H and O–H groups in total. The molecule has 3 rings (SSSR count). The van der Waals surface area contributed by atoms with Gasteiger partial charge in [-0.15, -0.1) is 0 Å². The predicted molar refractivity (Wildman–Crippen MR) is 64.4 cm³/mol. The number of anilines is 1. The van der Waals surface area contributed by atoms with Crippen LogP contribution in [0.15, 0.2) is 39.6 Å². The number of hydrogen-bond donors (Lipinski definition) is 1. The first-order valence-electron chi connectivity index (χ1n) is 5.34. The molecule has 0 saturated heterocycles. The summed E-state index contributed by atoms with van der Waals surface area (Å²) in [6.07, 6.45) is 3.13. The van der Waals surface area contributed by atoms with Crippen molar-refractivity contribution in [2.45, 2.75) is 6.92 Å². The lowest BCUT2D eigenvalue weighted by atomic mass is 10.2. The van der Waals surface area contributed by atoms with E-state index in [1.54, 1.807) is 30.7 Å². The van der Waals surface area contributed by atoms with E-state index in [4.69, 9.17) is 14.7 Å². The molecule has 0 radical (unpaired) electrons. The van der Waals surface area contributed by atoms with Gasteiger partial charge in [0.25, 0.3) is 5.89 Å². The number of nitrogens with zero attached hydrogens (tertiary/aromatic N) is 3. The van der Waals surface area contributed by atoms with Gasteiger partial charge in [0.1, 0.15) is 11.5 Å². The van der Waals surface area contributed by atoms with Crippen molar-refractivity contribution in [1.29, 1.82) is 0 Å². The van der Waals surface area contributed by atoms with Gasteiger partial charge in [-0.3, -0.25) is 0 Å². The summed E-state index contributed by atoms with van der Waals surface area (Å²) in [4.78, 5) is 8.39. The van der Waals surface area contributed by atoms with E-state index < -0.39 is 0 Å². The Labute approximate surface area is 102 Å². The molecule has 0 amide bonds. The van der Waals surface area contributed by atoms with E-state index in [0.717, 1.165) is 11.3 Å². The lowest BCUT2D eigenvalue weighted by molar-refractivity contribution is 0.430. The molecule has 18 heavy (non-hydrogen) atoms. The monoisotopic (exact) mass is 242 g/mol. The van der Waals surface area contributed by atoms with Crippen molar-refractivity contribution in [2.75, 3.05) is 5.73 Å². The number of aromatic nitrogens is 3. The molecule has 0 unspecified atom stereocenters. The molecule has 90 valence electrons. The van der Waals surface area contributed by atoms with E-state index >= 15 is 0 Å². The summed E-state index contributed by atoms with van der Waals surface area (Å²) in [7, 11) is 0. The Morgan fingerprint density at radius 3 is 2.78 bits per heavy atom. The molecule has 6 nitrogen and oxygen atoms in total. The summed E-state index contributed by atoms with van der Waals surface area (Å²) < 4.78 is 10.4. The topological polar surface area (TPSA) is 91.0 Å². The average molecular weight is 242 g/mol. The molecule has 0 bridgehead atoms. The highest BCUT2D eigenvalue weighted by atomic mass is 16.5. The predicted octanol–water partition coefficient (Wildman–Crippen LogP) is 2.28. The first kappa shape index (κ1) is 10.5. The van der Waals surface area contributed by atoms with Crippen LogP contribution >= 0.6 is 0 Å². The molecule has 0 spiro atoms. The molecule has 3 aromatic rings. The zero-order valence-electron chi connectivity index (χ0n) is 9.62. The summed E-state index contributed by atoms with van der Waals surface area (Å²) >= 11 is 0. The fourth-order valence-corrected chi connectivity index (χ4v) is 1.59. The molecule has 3 aromatic heterocycles. The Morgan fingerprint density at radius 2 is 2.11 bits per heavy atom. The molecule has 0 aliphatic rings. The van der Waals surface area contributed by atoms with Gasteiger partial charge >= 0.3 is 0 Å². The molecule has 0 aliphatic carbocycles. The molecular formula is C12H10N4O2. The highest BCUT2D eigenvalue weighted by Crippen LogP contribution is 2.24. The number of hydrogen-bond acceptors (Lipinski definition) is 6. The molecule has 0 fully saturated rings. The smallest absolute Gasteiger partial charge is 0.276 e. The lowest BCUT2D eigenvalue weighted by Crippen LogP contribution is -1.88. The highest BCUT2D eigenvalue weighted by Gasteiger charge is 2.14. The van der Waals surface area contributed by atoms with Crippen molar-refractivity contribution < 1.29 is 8.94 Å². The lowest BCUT2D eigenvalue weighted by Gasteiger charge is -1.93. The van der Waals surface area contributed by atoms with Gasteiger partial charge in [-0.1, -0.05) is 5.16 Å². The van der Waals surface area contributed by atoms with Gasteiger partial charge in [0.15, 0.2) is 0 Å². The number of furan rings is 1. The molecule has 6 heteroatoms. The number of aryl methyl sites for hydroxylation is 1. The fraction of sp³-hybridized carbons (Fsp3) is 0.0833. The Hall–Kier alpha value is -2.63. The van der Waals surface area contributed by atoms with Crippen LogP contribution in [0.5, 0.6) is 0 Å². The number of rotatable bonds is 2. The first-order chi connectivity index (χ1) is 8.74. The van der Waals surface area contributed by atoms with Crippen molar-refractivity contribution in [3.63, 3.8) is 0 Å². The maximum atomic E-state index is 5.57. The molecule has 0 atom stereocenters. The van der Waals surface area contributed by atoms with Crippen molar-refractivity contribution in [2.24, 2.45) is 0 Å². The van der Waals surface area contributed by atoms with Gasteiger partial charge in [-0.2, -0.15) is 4.98 Å². The normalized spacial score (nSPS) is 10.7. The maximum absolute atomic E-state index is 5.57. The van der Waals surface area contributed by atoms with Crippen LogP contribution in [0.2, 0.25) is 0 Å². The van der Waals surface area contributed by atoms with Gasteiger partial charge in [0, 0.05) is 0 Å². The van der Waals surface area contributed by atoms with Crippen LogP contribution in [-0.4, -0.2) is 15.1 Å². The highest BCUT2D eigenvalue weighted by molar-refractivity contribution is 5.59. The van der Waals surface area contributed by atoms with Crippen molar-refractivity contribution in [3.8, 4) is 23.0 Å². The summed E-state index contributed by atoms with van der Waals surface area (Å²) in [6, 6.07) is 5.25. The van der Waals surface area contributed by atoms with Crippen LogP contribution in [-0.2, 0) is 0 Å². The minimum absolute atomic E-state index is 0.352. The molecule has 0 aliphatic heterocycles. The molecule has 3 heterocycles. The second-order valence-corrected chi connectivity index (χ2v) is 3.79. The quantitative estimate of drug-likeness (QED) is 0.741. The number of pyridine rings is 1. The first-order valence-corrected chi connectivity index (χ1v) is 5.34. The Kier molecular flexibility index (Phi) is 2.33. The zero-order valence-corrected chi connectivity index (χ0v) is 9.62. The molecule has 0 saturated carbocycles. The van der Waals surface area contributed by atoms with E-state index in [1.165, 1.54) is 0 Å². The maximum Gasteiger partial charge on any atom is 0.276 e. The van der Waals surface area contributed by atoms with Gasteiger partial charge < -0.3 is 14.7 Å². The van der Waals surface area contributed by atoms with Gasteiger partial charge in [-0.05, 0) is 25.1 Å². The van der Waals surface area contributed by atoms with E-state index in [0.29, 0.717) is 23.1 Å². The van der Waals surface area contributed by atoms with Gasteiger partial charge in [0.05, 0.1) is 23.7 Å². The number of nitrogen functional groups attached to an aromatic ring is 1. The third kappa shape index (κ3) is 1.73. The van der Waals surface area contributed by atoms with E-state index in [1.807, 2.05) is 6.92 Å². The van der Waals surface area contributed by atoms with Crippen LogP contribution in [0, 0.1) is 6.92 Å². The summed E-state index contributed by atoms with van der Waals surface area (Å²) in [6.45, 7) is 1.84. The van der Waals surface area contributed by atoms with Crippen LogP contribution in [0.1, 0.15) is 5.76 Å². The fourth-order valence-electron chi connectivity index (χ4n) is 1.59. The summed E-state index contributed by atoms with van der Waals surface area (Å²) in [5.41, 5.74) is 7.55. The Balaban J connectivity index is 1.99. The molecule has 0 aromatic carbocycles. The summed E-state index contributed by atoms with van der Waals surface area (Å²) in [5, 5.41) is 3.90. The Bertz CT molecular complexity index is 669.